The van der Waals surface area contributed by atoms with Gasteiger partial charge in [0.05, 0.1) is 6.10 Å². The van der Waals surface area contributed by atoms with Gasteiger partial charge in [-0.15, -0.1) is 0 Å². The molecule has 2 rings (SSSR count). The Morgan fingerprint density at radius 3 is 2.90 bits per heavy atom. The standard InChI is InChI=1S/C18H28FNO/c1-3-11-20-18(10-8-16-6-4-5-12-21-16)15-7-9-17(19)14(2)13-15/h7,9,13,16,18,20H,3-6,8,10-12H2,1-2H3. The zero-order chi connectivity index (χ0) is 15.1. The summed E-state index contributed by atoms with van der Waals surface area (Å²) in [5.41, 5.74) is 1.92. The van der Waals surface area contributed by atoms with Crippen molar-refractivity contribution in [2.24, 2.45) is 0 Å². The highest BCUT2D eigenvalue weighted by atomic mass is 19.1. The second kappa shape index (κ2) is 8.50. The monoisotopic (exact) mass is 293 g/mol. The van der Waals surface area contributed by atoms with E-state index < -0.39 is 0 Å². The van der Waals surface area contributed by atoms with Gasteiger partial charge in [0.2, 0.25) is 0 Å². The second-order valence-corrected chi connectivity index (χ2v) is 6.08. The zero-order valence-corrected chi connectivity index (χ0v) is 13.3. The first-order valence-electron chi connectivity index (χ1n) is 8.31. The first-order valence-corrected chi connectivity index (χ1v) is 8.31. The minimum atomic E-state index is -0.122. The van der Waals surface area contributed by atoms with Crippen molar-refractivity contribution in [1.29, 1.82) is 0 Å². The molecule has 1 saturated heterocycles. The molecule has 0 amide bonds. The number of halogens is 1. The summed E-state index contributed by atoms with van der Waals surface area (Å²) >= 11 is 0. The third-order valence-corrected chi connectivity index (χ3v) is 4.28. The van der Waals surface area contributed by atoms with Gasteiger partial charge >= 0.3 is 0 Å². The molecule has 1 fully saturated rings. The van der Waals surface area contributed by atoms with Gasteiger partial charge in [-0.25, -0.2) is 4.39 Å². The summed E-state index contributed by atoms with van der Waals surface area (Å²) in [6.45, 7) is 5.91. The van der Waals surface area contributed by atoms with Crippen LogP contribution >= 0.6 is 0 Å². The summed E-state index contributed by atoms with van der Waals surface area (Å²) in [6.07, 6.45) is 7.32. The fourth-order valence-corrected chi connectivity index (χ4v) is 2.98. The summed E-state index contributed by atoms with van der Waals surface area (Å²) in [5, 5.41) is 3.59. The Morgan fingerprint density at radius 1 is 1.38 bits per heavy atom. The van der Waals surface area contributed by atoms with E-state index in [1.165, 1.54) is 24.8 Å². The Morgan fingerprint density at radius 2 is 2.24 bits per heavy atom. The van der Waals surface area contributed by atoms with Crippen molar-refractivity contribution in [2.75, 3.05) is 13.2 Å². The molecule has 1 aromatic rings. The maximum atomic E-state index is 13.5. The number of benzene rings is 1. The molecule has 0 radical (unpaired) electrons. The van der Waals surface area contributed by atoms with E-state index in [4.69, 9.17) is 4.74 Å². The maximum Gasteiger partial charge on any atom is 0.126 e. The van der Waals surface area contributed by atoms with E-state index in [1.807, 2.05) is 19.1 Å². The molecular formula is C18H28FNO. The number of hydrogen-bond donors (Lipinski definition) is 1. The Labute approximate surface area is 128 Å². The summed E-state index contributed by atoms with van der Waals surface area (Å²) in [6, 6.07) is 5.78. The van der Waals surface area contributed by atoms with E-state index in [0.29, 0.717) is 12.1 Å². The van der Waals surface area contributed by atoms with Crippen LogP contribution in [-0.2, 0) is 4.74 Å². The third-order valence-electron chi connectivity index (χ3n) is 4.28. The van der Waals surface area contributed by atoms with Crippen molar-refractivity contribution in [2.45, 2.75) is 64.5 Å². The summed E-state index contributed by atoms with van der Waals surface area (Å²) in [4.78, 5) is 0. The van der Waals surface area contributed by atoms with Gasteiger partial charge in [-0.2, -0.15) is 0 Å². The van der Waals surface area contributed by atoms with Gasteiger partial charge in [0.25, 0.3) is 0 Å². The molecule has 0 spiro atoms. The van der Waals surface area contributed by atoms with Gasteiger partial charge in [-0.1, -0.05) is 19.1 Å². The lowest BCUT2D eigenvalue weighted by Gasteiger charge is -2.26. The number of ether oxygens (including phenoxy) is 1. The fourth-order valence-electron chi connectivity index (χ4n) is 2.98. The molecule has 1 aliphatic rings. The van der Waals surface area contributed by atoms with Crippen LogP contribution in [0.2, 0.25) is 0 Å². The van der Waals surface area contributed by atoms with Crippen molar-refractivity contribution in [3.05, 3.63) is 35.1 Å². The minimum absolute atomic E-state index is 0.122. The molecular weight excluding hydrogens is 265 g/mol. The van der Waals surface area contributed by atoms with Crippen molar-refractivity contribution in [1.82, 2.24) is 5.32 Å². The lowest BCUT2D eigenvalue weighted by atomic mass is 9.96. The van der Waals surface area contributed by atoms with Crippen LogP contribution in [0, 0.1) is 12.7 Å². The van der Waals surface area contributed by atoms with Gasteiger partial charge in [0.15, 0.2) is 0 Å². The van der Waals surface area contributed by atoms with Crippen LogP contribution in [0.1, 0.15) is 62.6 Å². The van der Waals surface area contributed by atoms with E-state index in [2.05, 4.69) is 12.2 Å². The smallest absolute Gasteiger partial charge is 0.126 e. The quantitative estimate of drug-likeness (QED) is 0.798. The van der Waals surface area contributed by atoms with Crippen LogP contribution in [0.4, 0.5) is 4.39 Å². The van der Waals surface area contributed by atoms with Crippen molar-refractivity contribution in [3.8, 4) is 0 Å². The lowest BCUT2D eigenvalue weighted by Crippen LogP contribution is -2.25. The number of rotatable bonds is 7. The van der Waals surface area contributed by atoms with E-state index in [1.54, 1.807) is 6.07 Å². The van der Waals surface area contributed by atoms with Crippen LogP contribution in [0.5, 0.6) is 0 Å². The Kier molecular flexibility index (Phi) is 6.65. The van der Waals surface area contributed by atoms with Crippen LogP contribution in [0.25, 0.3) is 0 Å². The minimum Gasteiger partial charge on any atom is -0.378 e. The molecule has 1 aromatic carbocycles. The van der Waals surface area contributed by atoms with Crippen LogP contribution in [0.15, 0.2) is 18.2 Å². The van der Waals surface area contributed by atoms with E-state index in [-0.39, 0.29) is 5.82 Å². The molecule has 1 N–H and O–H groups in total. The maximum absolute atomic E-state index is 13.5. The second-order valence-electron chi connectivity index (χ2n) is 6.08. The molecule has 0 aromatic heterocycles. The van der Waals surface area contributed by atoms with Gasteiger partial charge in [-0.3, -0.25) is 0 Å². The van der Waals surface area contributed by atoms with Gasteiger partial charge in [-0.05, 0) is 69.2 Å². The predicted molar refractivity (Wildman–Crippen MR) is 85.0 cm³/mol. The molecule has 2 unspecified atom stereocenters. The van der Waals surface area contributed by atoms with Crippen molar-refractivity contribution in [3.63, 3.8) is 0 Å². The molecule has 118 valence electrons. The Hall–Kier alpha value is -0.930. The van der Waals surface area contributed by atoms with Crippen LogP contribution in [0.3, 0.4) is 0 Å². The van der Waals surface area contributed by atoms with Gasteiger partial charge in [0.1, 0.15) is 5.82 Å². The predicted octanol–water partition coefficient (Wildman–Crippen LogP) is 4.52. The number of aryl methyl sites for hydroxylation is 1. The topological polar surface area (TPSA) is 21.3 Å². The first kappa shape index (κ1) is 16.4. The number of nitrogens with one attached hydrogen (secondary N) is 1. The summed E-state index contributed by atoms with van der Waals surface area (Å²) in [5.74, 6) is -0.122. The molecule has 2 nitrogen and oxygen atoms in total. The molecule has 1 heterocycles. The zero-order valence-electron chi connectivity index (χ0n) is 13.3. The lowest BCUT2D eigenvalue weighted by molar-refractivity contribution is 0.00854. The molecule has 21 heavy (non-hydrogen) atoms. The normalized spacial score (nSPS) is 20.4. The highest BCUT2D eigenvalue weighted by Gasteiger charge is 2.18. The van der Waals surface area contributed by atoms with E-state index in [0.717, 1.165) is 38.0 Å². The van der Waals surface area contributed by atoms with Crippen LogP contribution < -0.4 is 5.32 Å². The van der Waals surface area contributed by atoms with Gasteiger partial charge in [0, 0.05) is 12.6 Å². The fraction of sp³-hybridized carbons (Fsp3) is 0.667. The Balaban J connectivity index is 1.97. The molecule has 3 heteroatoms. The largest absolute Gasteiger partial charge is 0.378 e. The molecule has 0 aliphatic carbocycles. The summed E-state index contributed by atoms with van der Waals surface area (Å²) < 4.78 is 19.3. The average molecular weight is 293 g/mol. The first-order chi connectivity index (χ1) is 10.2. The van der Waals surface area contributed by atoms with E-state index in [9.17, 15) is 4.39 Å². The van der Waals surface area contributed by atoms with Gasteiger partial charge < -0.3 is 10.1 Å². The molecule has 2 atom stereocenters. The molecule has 1 aliphatic heterocycles. The van der Waals surface area contributed by atoms with Crippen molar-refractivity contribution >= 4 is 0 Å². The average Bonchev–Trinajstić information content (AvgIpc) is 2.51. The highest BCUT2D eigenvalue weighted by molar-refractivity contribution is 5.26. The van der Waals surface area contributed by atoms with E-state index >= 15 is 0 Å². The summed E-state index contributed by atoms with van der Waals surface area (Å²) in [7, 11) is 0. The third kappa shape index (κ3) is 5.08. The number of hydrogen-bond acceptors (Lipinski definition) is 2. The molecule has 0 saturated carbocycles. The van der Waals surface area contributed by atoms with Crippen LogP contribution in [-0.4, -0.2) is 19.3 Å². The highest BCUT2D eigenvalue weighted by Crippen LogP contribution is 2.25. The molecule has 0 bridgehead atoms. The Bertz CT molecular complexity index is 429. The van der Waals surface area contributed by atoms with Crippen molar-refractivity contribution < 1.29 is 9.13 Å². The SMILES string of the molecule is CCCNC(CCC1CCCCO1)c1ccc(F)c(C)c1.